The number of aromatic amines is 1. The average Bonchev–Trinajstić information content (AvgIpc) is 2.85. The minimum atomic E-state index is -0.537. The molecule has 0 bridgehead atoms. The van der Waals surface area contributed by atoms with E-state index in [1.807, 2.05) is 0 Å². The maximum Gasteiger partial charge on any atom is 0.417 e. The summed E-state index contributed by atoms with van der Waals surface area (Å²) in [7, 11) is 0. The van der Waals surface area contributed by atoms with E-state index in [-0.39, 0.29) is 11.8 Å². The summed E-state index contributed by atoms with van der Waals surface area (Å²) in [5, 5.41) is 0. The predicted molar refractivity (Wildman–Crippen MR) is 75.0 cm³/mol. The molecule has 1 N–H and O–H groups in total. The van der Waals surface area contributed by atoms with Crippen LogP contribution in [0.4, 0.5) is 0 Å². The van der Waals surface area contributed by atoms with Crippen LogP contribution < -0.4 is 5.76 Å². The lowest BCUT2D eigenvalue weighted by atomic mass is 10.1. The number of carbonyl (C=O) groups excluding carboxylic acids is 2. The zero-order valence-corrected chi connectivity index (χ0v) is 11.6. The first-order valence-electron chi connectivity index (χ1n) is 6.72. The van der Waals surface area contributed by atoms with Gasteiger partial charge < -0.3 is 14.2 Å². The van der Waals surface area contributed by atoms with Gasteiger partial charge in [0.05, 0.1) is 5.52 Å². The number of piperazine rings is 1. The molecule has 2 amide bonds. The summed E-state index contributed by atoms with van der Waals surface area (Å²) < 4.78 is 4.96. The molecule has 1 aromatic carbocycles. The first kappa shape index (κ1) is 13.4. The summed E-state index contributed by atoms with van der Waals surface area (Å²) in [6.07, 6.45) is 0. The van der Waals surface area contributed by atoms with Gasteiger partial charge in [-0.2, -0.15) is 0 Å². The third-order valence-electron chi connectivity index (χ3n) is 3.68. The van der Waals surface area contributed by atoms with Gasteiger partial charge in [-0.05, 0) is 18.2 Å². The Morgan fingerprint density at radius 2 is 1.81 bits per heavy atom. The zero-order chi connectivity index (χ0) is 15.0. The number of amides is 2. The standard InChI is InChI=1S/C14H15N3O4/c1-9(18)16-4-6-17(7-5-16)13(19)10-2-3-11-12(8-10)21-14(20)15-11/h2-3,8H,4-7H2,1H3,(H,15,20). The fourth-order valence-electron chi connectivity index (χ4n) is 2.49. The third kappa shape index (κ3) is 2.54. The van der Waals surface area contributed by atoms with Crippen LogP contribution >= 0.6 is 0 Å². The van der Waals surface area contributed by atoms with Crippen molar-refractivity contribution in [3.05, 3.63) is 34.3 Å². The summed E-state index contributed by atoms with van der Waals surface area (Å²) in [4.78, 5) is 40.8. The van der Waals surface area contributed by atoms with Crippen LogP contribution in [0.25, 0.3) is 11.1 Å². The van der Waals surface area contributed by atoms with E-state index >= 15 is 0 Å². The van der Waals surface area contributed by atoms with Gasteiger partial charge in [0, 0.05) is 38.7 Å². The molecule has 2 heterocycles. The Morgan fingerprint density at radius 1 is 1.14 bits per heavy atom. The quantitative estimate of drug-likeness (QED) is 0.824. The molecule has 110 valence electrons. The molecule has 0 radical (unpaired) electrons. The van der Waals surface area contributed by atoms with Crippen LogP contribution in [0.1, 0.15) is 17.3 Å². The Bertz CT molecular complexity index is 753. The molecule has 1 aliphatic heterocycles. The molecule has 0 saturated carbocycles. The van der Waals surface area contributed by atoms with Gasteiger partial charge in [0.1, 0.15) is 0 Å². The van der Waals surface area contributed by atoms with E-state index < -0.39 is 5.76 Å². The number of nitrogens with zero attached hydrogens (tertiary/aromatic N) is 2. The van der Waals surface area contributed by atoms with Gasteiger partial charge in [-0.3, -0.25) is 14.6 Å². The number of fused-ring (bicyclic) bond motifs is 1. The van der Waals surface area contributed by atoms with E-state index in [1.165, 1.54) is 6.92 Å². The van der Waals surface area contributed by atoms with Crippen LogP contribution in [0, 0.1) is 0 Å². The molecule has 0 spiro atoms. The lowest BCUT2D eigenvalue weighted by molar-refractivity contribution is -0.130. The second-order valence-corrected chi connectivity index (χ2v) is 5.02. The second kappa shape index (κ2) is 5.08. The number of hydrogen-bond acceptors (Lipinski definition) is 4. The van der Waals surface area contributed by atoms with Crippen LogP contribution in [-0.2, 0) is 4.79 Å². The summed E-state index contributed by atoms with van der Waals surface area (Å²) in [6, 6.07) is 4.87. The molecule has 1 aliphatic rings. The highest BCUT2D eigenvalue weighted by Gasteiger charge is 2.23. The van der Waals surface area contributed by atoms with Gasteiger partial charge in [0.2, 0.25) is 5.91 Å². The second-order valence-electron chi connectivity index (χ2n) is 5.02. The molecule has 1 fully saturated rings. The molecule has 0 atom stereocenters. The molecular formula is C14H15N3O4. The highest BCUT2D eigenvalue weighted by molar-refractivity contribution is 5.97. The lowest BCUT2D eigenvalue weighted by Gasteiger charge is -2.34. The number of hydrogen-bond donors (Lipinski definition) is 1. The smallest absolute Gasteiger partial charge is 0.408 e. The van der Waals surface area contributed by atoms with Gasteiger partial charge in [-0.1, -0.05) is 0 Å². The Labute approximate surface area is 120 Å². The van der Waals surface area contributed by atoms with E-state index in [4.69, 9.17) is 4.42 Å². The average molecular weight is 289 g/mol. The van der Waals surface area contributed by atoms with E-state index in [0.717, 1.165) is 0 Å². The molecule has 1 saturated heterocycles. The Morgan fingerprint density at radius 3 is 2.48 bits per heavy atom. The van der Waals surface area contributed by atoms with E-state index in [0.29, 0.717) is 42.8 Å². The molecule has 7 nitrogen and oxygen atoms in total. The van der Waals surface area contributed by atoms with Gasteiger partial charge in [0.15, 0.2) is 5.58 Å². The van der Waals surface area contributed by atoms with Crippen LogP contribution in [0.2, 0.25) is 0 Å². The summed E-state index contributed by atoms with van der Waals surface area (Å²) >= 11 is 0. The Balaban J connectivity index is 1.78. The normalized spacial score (nSPS) is 15.5. The Kier molecular flexibility index (Phi) is 3.25. The van der Waals surface area contributed by atoms with Crippen LogP contribution in [0.15, 0.2) is 27.4 Å². The zero-order valence-electron chi connectivity index (χ0n) is 11.6. The van der Waals surface area contributed by atoms with Crippen molar-refractivity contribution >= 4 is 22.9 Å². The lowest BCUT2D eigenvalue weighted by Crippen LogP contribution is -2.50. The largest absolute Gasteiger partial charge is 0.417 e. The molecule has 0 unspecified atom stereocenters. The molecule has 0 aliphatic carbocycles. The SMILES string of the molecule is CC(=O)N1CCN(C(=O)c2ccc3[nH]c(=O)oc3c2)CC1. The van der Waals surface area contributed by atoms with Crippen molar-refractivity contribution in [2.24, 2.45) is 0 Å². The maximum absolute atomic E-state index is 12.4. The molecule has 1 aromatic heterocycles. The highest BCUT2D eigenvalue weighted by Crippen LogP contribution is 2.15. The van der Waals surface area contributed by atoms with Crippen LogP contribution in [-0.4, -0.2) is 52.8 Å². The van der Waals surface area contributed by atoms with Gasteiger partial charge in [-0.25, -0.2) is 4.79 Å². The number of oxazole rings is 1. The van der Waals surface area contributed by atoms with E-state index in [2.05, 4.69) is 4.98 Å². The number of H-pyrrole nitrogens is 1. The van der Waals surface area contributed by atoms with Crippen molar-refractivity contribution in [3.8, 4) is 0 Å². The van der Waals surface area contributed by atoms with Crippen molar-refractivity contribution in [2.75, 3.05) is 26.2 Å². The number of nitrogens with one attached hydrogen (secondary N) is 1. The first-order valence-corrected chi connectivity index (χ1v) is 6.72. The van der Waals surface area contributed by atoms with Crippen molar-refractivity contribution in [1.29, 1.82) is 0 Å². The number of carbonyl (C=O) groups is 2. The number of benzene rings is 1. The minimum absolute atomic E-state index is 0.0256. The fraction of sp³-hybridized carbons (Fsp3) is 0.357. The summed E-state index contributed by atoms with van der Waals surface area (Å²) in [6.45, 7) is 3.63. The summed E-state index contributed by atoms with van der Waals surface area (Å²) in [5.41, 5.74) is 1.41. The van der Waals surface area contributed by atoms with Crippen molar-refractivity contribution in [2.45, 2.75) is 6.92 Å². The highest BCUT2D eigenvalue weighted by atomic mass is 16.4. The fourth-order valence-corrected chi connectivity index (χ4v) is 2.49. The van der Waals surface area contributed by atoms with Gasteiger partial charge >= 0.3 is 5.76 Å². The van der Waals surface area contributed by atoms with Crippen LogP contribution in [0.3, 0.4) is 0 Å². The van der Waals surface area contributed by atoms with E-state index in [9.17, 15) is 14.4 Å². The molecule has 3 rings (SSSR count). The molecule has 21 heavy (non-hydrogen) atoms. The maximum atomic E-state index is 12.4. The van der Waals surface area contributed by atoms with Crippen LogP contribution in [0.5, 0.6) is 0 Å². The topological polar surface area (TPSA) is 86.6 Å². The molecule has 7 heteroatoms. The van der Waals surface area contributed by atoms with Gasteiger partial charge in [0.25, 0.3) is 5.91 Å². The Hall–Kier alpha value is -2.57. The van der Waals surface area contributed by atoms with Gasteiger partial charge in [-0.15, -0.1) is 0 Å². The van der Waals surface area contributed by atoms with Crippen molar-refractivity contribution in [1.82, 2.24) is 14.8 Å². The first-order chi connectivity index (χ1) is 10.0. The predicted octanol–water partition coefficient (Wildman–Crippen LogP) is 0.425. The third-order valence-corrected chi connectivity index (χ3v) is 3.68. The molecular weight excluding hydrogens is 274 g/mol. The monoisotopic (exact) mass is 289 g/mol. The van der Waals surface area contributed by atoms with Crippen molar-refractivity contribution in [3.63, 3.8) is 0 Å². The summed E-state index contributed by atoms with van der Waals surface area (Å²) in [5.74, 6) is -0.633. The molecule has 2 aromatic rings. The number of aromatic nitrogens is 1. The minimum Gasteiger partial charge on any atom is -0.408 e. The van der Waals surface area contributed by atoms with Crippen molar-refractivity contribution < 1.29 is 14.0 Å². The number of rotatable bonds is 1. The van der Waals surface area contributed by atoms with E-state index in [1.54, 1.807) is 28.0 Å².